The Morgan fingerprint density at radius 2 is 1.15 bits per heavy atom. The zero-order valence-corrected chi connectivity index (χ0v) is 11.8. The van der Waals surface area contributed by atoms with Crippen LogP contribution in [0.2, 0.25) is 0 Å². The van der Waals surface area contributed by atoms with Crippen molar-refractivity contribution >= 4 is 32.3 Å². The van der Waals surface area contributed by atoms with Crippen molar-refractivity contribution in [3.63, 3.8) is 0 Å². The molecule has 0 aromatic heterocycles. The molecule has 0 unspecified atom stereocenters. The summed E-state index contributed by atoms with van der Waals surface area (Å²) in [6.07, 6.45) is 0. The predicted molar refractivity (Wildman–Crippen MR) is 88.4 cm³/mol. The maximum atomic E-state index is 2.24. The fourth-order valence-corrected chi connectivity index (χ4v) is 3.19. The van der Waals surface area contributed by atoms with Crippen LogP contribution in [0.5, 0.6) is 0 Å². The molecule has 0 aliphatic rings. The molecule has 0 heteroatoms. The van der Waals surface area contributed by atoms with Gasteiger partial charge in [-0.1, -0.05) is 60.7 Å². The van der Waals surface area contributed by atoms with E-state index in [1.165, 1.54) is 43.4 Å². The molecule has 0 aliphatic carbocycles. The molecule has 0 spiro atoms. The molecular weight excluding hydrogens is 240 g/mol. The summed E-state index contributed by atoms with van der Waals surface area (Å²) in [4.78, 5) is 0. The van der Waals surface area contributed by atoms with Crippen LogP contribution in [0.3, 0.4) is 0 Å². The van der Waals surface area contributed by atoms with Crippen molar-refractivity contribution in [1.29, 1.82) is 0 Å². The third-order valence-electron chi connectivity index (χ3n) is 4.42. The van der Waals surface area contributed by atoms with E-state index in [0.29, 0.717) is 0 Å². The lowest BCUT2D eigenvalue weighted by Gasteiger charge is -2.12. The first kappa shape index (κ1) is 11.5. The molecule has 0 N–H and O–H groups in total. The summed E-state index contributed by atoms with van der Waals surface area (Å²) < 4.78 is 0. The average Bonchev–Trinajstić information content (AvgIpc) is 2.50. The van der Waals surface area contributed by atoms with Crippen molar-refractivity contribution in [3.05, 3.63) is 71.8 Å². The Bertz CT molecular complexity index is 956. The van der Waals surface area contributed by atoms with Crippen molar-refractivity contribution < 1.29 is 0 Å². The molecule has 0 saturated heterocycles. The van der Waals surface area contributed by atoms with Gasteiger partial charge in [0.05, 0.1) is 0 Å². The molecule has 0 saturated carbocycles. The zero-order chi connectivity index (χ0) is 13.7. The zero-order valence-electron chi connectivity index (χ0n) is 11.8. The van der Waals surface area contributed by atoms with Gasteiger partial charge in [-0.3, -0.25) is 0 Å². The van der Waals surface area contributed by atoms with Crippen LogP contribution in [0.15, 0.2) is 60.7 Å². The number of rotatable bonds is 0. The van der Waals surface area contributed by atoms with Crippen LogP contribution < -0.4 is 0 Å². The van der Waals surface area contributed by atoms with Crippen molar-refractivity contribution in [2.75, 3.05) is 0 Å². The van der Waals surface area contributed by atoms with E-state index < -0.39 is 0 Å². The van der Waals surface area contributed by atoms with Crippen LogP contribution in [0.4, 0.5) is 0 Å². The second-order valence-electron chi connectivity index (χ2n) is 5.56. The lowest BCUT2D eigenvalue weighted by molar-refractivity contribution is 1.39. The van der Waals surface area contributed by atoms with Gasteiger partial charge in [-0.15, -0.1) is 0 Å². The normalized spacial score (nSPS) is 11.5. The molecule has 0 aliphatic heterocycles. The van der Waals surface area contributed by atoms with Gasteiger partial charge in [-0.2, -0.15) is 0 Å². The van der Waals surface area contributed by atoms with Crippen LogP contribution in [0.1, 0.15) is 11.1 Å². The van der Waals surface area contributed by atoms with E-state index in [1.807, 2.05) is 0 Å². The molecule has 20 heavy (non-hydrogen) atoms. The van der Waals surface area contributed by atoms with Crippen molar-refractivity contribution in [3.8, 4) is 0 Å². The van der Waals surface area contributed by atoms with Gasteiger partial charge in [-0.25, -0.2) is 0 Å². The van der Waals surface area contributed by atoms with Gasteiger partial charge < -0.3 is 0 Å². The molecular formula is C20H16. The van der Waals surface area contributed by atoms with E-state index >= 15 is 0 Å². The Hall–Kier alpha value is -2.34. The maximum absolute atomic E-state index is 2.24. The SMILES string of the molecule is Cc1ccc2ccc3ccc4ccccc4c3c2c1C. The Labute approximate surface area is 118 Å². The molecule has 0 atom stereocenters. The molecule has 0 nitrogen and oxygen atoms in total. The van der Waals surface area contributed by atoms with Crippen molar-refractivity contribution in [1.82, 2.24) is 0 Å². The first-order valence-electron chi connectivity index (χ1n) is 7.06. The van der Waals surface area contributed by atoms with Gasteiger partial charge >= 0.3 is 0 Å². The summed E-state index contributed by atoms with van der Waals surface area (Å²) >= 11 is 0. The van der Waals surface area contributed by atoms with Gasteiger partial charge in [0.15, 0.2) is 0 Å². The van der Waals surface area contributed by atoms with Crippen LogP contribution in [0.25, 0.3) is 32.3 Å². The fourth-order valence-electron chi connectivity index (χ4n) is 3.19. The number of hydrogen-bond donors (Lipinski definition) is 0. The highest BCUT2D eigenvalue weighted by molar-refractivity contribution is 6.21. The average molecular weight is 256 g/mol. The van der Waals surface area contributed by atoms with Crippen LogP contribution in [-0.4, -0.2) is 0 Å². The van der Waals surface area contributed by atoms with E-state index in [-0.39, 0.29) is 0 Å². The molecule has 4 aromatic carbocycles. The van der Waals surface area contributed by atoms with Gasteiger partial charge in [0.2, 0.25) is 0 Å². The monoisotopic (exact) mass is 256 g/mol. The van der Waals surface area contributed by atoms with E-state index in [9.17, 15) is 0 Å². The maximum Gasteiger partial charge on any atom is -0.00241 e. The lowest BCUT2D eigenvalue weighted by Crippen LogP contribution is -1.87. The van der Waals surface area contributed by atoms with Crippen molar-refractivity contribution in [2.24, 2.45) is 0 Å². The minimum absolute atomic E-state index is 1.31. The third kappa shape index (κ3) is 1.48. The van der Waals surface area contributed by atoms with Gasteiger partial charge in [0.25, 0.3) is 0 Å². The summed E-state index contributed by atoms with van der Waals surface area (Å²) in [5, 5.41) is 8.11. The molecule has 0 heterocycles. The number of fused-ring (bicyclic) bond motifs is 5. The van der Waals surface area contributed by atoms with Crippen LogP contribution >= 0.6 is 0 Å². The summed E-state index contributed by atoms with van der Waals surface area (Å²) in [7, 11) is 0. The Morgan fingerprint density at radius 1 is 0.550 bits per heavy atom. The lowest BCUT2D eigenvalue weighted by atomic mass is 9.92. The molecule has 4 rings (SSSR count). The molecule has 4 aromatic rings. The third-order valence-corrected chi connectivity index (χ3v) is 4.42. The predicted octanol–water partition coefficient (Wildman–Crippen LogP) is 5.76. The molecule has 0 radical (unpaired) electrons. The van der Waals surface area contributed by atoms with E-state index in [2.05, 4.69) is 74.5 Å². The quantitative estimate of drug-likeness (QED) is 0.351. The first-order valence-corrected chi connectivity index (χ1v) is 7.06. The number of aryl methyl sites for hydroxylation is 2. The molecule has 0 bridgehead atoms. The Balaban J connectivity index is 2.39. The molecule has 96 valence electrons. The van der Waals surface area contributed by atoms with Gasteiger partial charge in [0.1, 0.15) is 0 Å². The Morgan fingerprint density at radius 3 is 1.95 bits per heavy atom. The summed E-state index contributed by atoms with van der Waals surface area (Å²) in [6, 6.07) is 22.0. The molecule has 0 amide bonds. The first-order chi connectivity index (χ1) is 9.75. The summed E-state index contributed by atoms with van der Waals surface area (Å²) in [5.74, 6) is 0. The second kappa shape index (κ2) is 4.08. The standard InChI is InChI=1S/C20H16/c1-13-7-8-16-11-12-17-10-9-15-5-3-4-6-18(15)20(17)19(16)14(13)2/h3-12H,1-2H3. The van der Waals surface area contributed by atoms with E-state index in [4.69, 9.17) is 0 Å². The van der Waals surface area contributed by atoms with Gasteiger partial charge in [0, 0.05) is 0 Å². The largest absolute Gasteiger partial charge is 0.0616 e. The van der Waals surface area contributed by atoms with E-state index in [1.54, 1.807) is 0 Å². The highest BCUT2D eigenvalue weighted by atomic mass is 14.1. The minimum Gasteiger partial charge on any atom is -0.0616 e. The van der Waals surface area contributed by atoms with Crippen LogP contribution in [0, 0.1) is 13.8 Å². The highest BCUT2D eigenvalue weighted by Crippen LogP contribution is 2.34. The Kier molecular flexibility index (Phi) is 2.34. The van der Waals surface area contributed by atoms with Gasteiger partial charge in [-0.05, 0) is 57.3 Å². The summed E-state index contributed by atoms with van der Waals surface area (Å²) in [5.41, 5.74) is 2.75. The molecule has 0 fully saturated rings. The summed E-state index contributed by atoms with van der Waals surface area (Å²) in [6.45, 7) is 4.43. The second-order valence-corrected chi connectivity index (χ2v) is 5.56. The smallest absolute Gasteiger partial charge is 0.00241 e. The number of hydrogen-bond acceptors (Lipinski definition) is 0. The topological polar surface area (TPSA) is 0 Å². The van der Waals surface area contributed by atoms with Crippen molar-refractivity contribution in [2.45, 2.75) is 13.8 Å². The number of benzene rings is 4. The fraction of sp³-hybridized carbons (Fsp3) is 0.100. The highest BCUT2D eigenvalue weighted by Gasteiger charge is 2.08. The van der Waals surface area contributed by atoms with Crippen LogP contribution in [-0.2, 0) is 0 Å². The minimum atomic E-state index is 1.31. The van der Waals surface area contributed by atoms with E-state index in [0.717, 1.165) is 0 Å².